The second kappa shape index (κ2) is 11.3. The molecular formula is C54H50N4. The molecule has 2 aliphatic heterocycles. The van der Waals surface area contributed by atoms with Gasteiger partial charge in [0.2, 0.25) is 0 Å². The number of nitriles is 2. The first-order chi connectivity index (χ1) is 27.9. The molecule has 6 aliphatic rings. The lowest BCUT2D eigenvalue weighted by atomic mass is 9.67. The number of hydrogen-bond donors (Lipinski definition) is 0. The molecule has 4 heteroatoms. The Balaban J connectivity index is 1.30. The van der Waals surface area contributed by atoms with Crippen molar-refractivity contribution in [2.45, 2.75) is 129 Å². The van der Waals surface area contributed by atoms with Crippen molar-refractivity contribution in [3.63, 3.8) is 0 Å². The van der Waals surface area contributed by atoms with Crippen LogP contribution in [0.25, 0.3) is 44.2 Å². The molecule has 4 heterocycles. The quantitative estimate of drug-likeness (QED) is 0.168. The SMILES string of the molecule is Cc1c(C2CCCCC2)c(C#N)cc2c1c1c3c4c(c5c6c7c(c(C#N)cc6n2c15)C1CC(=C7)C1)Cc1cc(C(C)(C)C)ccc1N4c1ccc(C(C)(C)C)cc1C3. The van der Waals surface area contributed by atoms with Crippen molar-refractivity contribution < 1.29 is 0 Å². The second-order valence-corrected chi connectivity index (χ2v) is 20.6. The van der Waals surface area contributed by atoms with Crippen LogP contribution >= 0.6 is 0 Å². The molecule has 0 radical (unpaired) electrons. The van der Waals surface area contributed by atoms with E-state index in [1.54, 1.807) is 0 Å². The summed E-state index contributed by atoms with van der Waals surface area (Å²) >= 11 is 0. The summed E-state index contributed by atoms with van der Waals surface area (Å²) in [4.78, 5) is 2.64. The Morgan fingerprint density at radius 1 is 0.638 bits per heavy atom. The Bertz CT molecular complexity index is 3130. The minimum absolute atomic E-state index is 0.0214. The summed E-state index contributed by atoms with van der Waals surface area (Å²) in [5.41, 5.74) is 24.0. The normalized spacial score (nSPS) is 17.5. The van der Waals surface area contributed by atoms with Crippen molar-refractivity contribution in [3.05, 3.63) is 121 Å². The zero-order chi connectivity index (χ0) is 39.7. The maximum absolute atomic E-state index is 10.9. The van der Waals surface area contributed by atoms with Crippen molar-refractivity contribution in [3.8, 4) is 12.1 Å². The van der Waals surface area contributed by atoms with E-state index in [1.807, 2.05) is 0 Å². The maximum Gasteiger partial charge on any atom is 0.0995 e. The molecule has 0 N–H and O–H groups in total. The third-order valence-corrected chi connectivity index (χ3v) is 15.2. The summed E-state index contributed by atoms with van der Waals surface area (Å²) in [6.07, 6.45) is 12.3. The Morgan fingerprint density at radius 2 is 1.19 bits per heavy atom. The van der Waals surface area contributed by atoms with Gasteiger partial charge < -0.3 is 9.30 Å². The Labute approximate surface area is 341 Å². The van der Waals surface area contributed by atoms with Crippen LogP contribution < -0.4 is 4.90 Å². The lowest BCUT2D eigenvalue weighted by Gasteiger charge is -2.41. The Kier molecular flexibility index (Phi) is 6.73. The summed E-state index contributed by atoms with van der Waals surface area (Å²) in [5, 5.41) is 27.1. The van der Waals surface area contributed by atoms with E-state index >= 15 is 0 Å². The van der Waals surface area contributed by atoms with Crippen molar-refractivity contribution in [1.29, 1.82) is 10.5 Å². The predicted octanol–water partition coefficient (Wildman–Crippen LogP) is 14.1. The molecule has 4 nitrogen and oxygen atoms in total. The fourth-order valence-corrected chi connectivity index (χ4v) is 12.4. The highest BCUT2D eigenvalue weighted by Gasteiger charge is 2.41. The van der Waals surface area contributed by atoms with Crippen molar-refractivity contribution in [2.75, 3.05) is 4.90 Å². The third kappa shape index (κ3) is 4.34. The summed E-state index contributed by atoms with van der Waals surface area (Å²) < 4.78 is 2.51. The lowest BCUT2D eigenvalue weighted by Crippen LogP contribution is -2.26. The first kappa shape index (κ1) is 34.5. The van der Waals surface area contributed by atoms with Gasteiger partial charge in [-0.3, -0.25) is 0 Å². The van der Waals surface area contributed by atoms with E-state index in [-0.39, 0.29) is 10.8 Å². The molecule has 4 aliphatic carbocycles. The first-order valence-corrected chi connectivity index (χ1v) is 21.8. The first-order valence-electron chi connectivity index (χ1n) is 21.8. The van der Waals surface area contributed by atoms with E-state index in [9.17, 15) is 10.5 Å². The average molecular weight is 755 g/mol. The van der Waals surface area contributed by atoms with Crippen molar-refractivity contribution >= 4 is 61.2 Å². The summed E-state index contributed by atoms with van der Waals surface area (Å²) in [5.74, 6) is 0.818. The minimum Gasteiger partial charge on any atom is -0.309 e. The molecule has 0 atom stereocenters. The Morgan fingerprint density at radius 3 is 1.76 bits per heavy atom. The minimum atomic E-state index is 0.0214. The summed E-state index contributed by atoms with van der Waals surface area (Å²) in [6.45, 7) is 16.3. The van der Waals surface area contributed by atoms with Crippen LogP contribution in [0, 0.1) is 29.6 Å². The molecule has 0 amide bonds. The van der Waals surface area contributed by atoms with Gasteiger partial charge in [-0.2, -0.15) is 10.5 Å². The van der Waals surface area contributed by atoms with Crippen LogP contribution in [0.3, 0.4) is 0 Å². The van der Waals surface area contributed by atoms with Crippen LogP contribution in [-0.4, -0.2) is 4.40 Å². The number of nitrogens with zero attached hydrogens (tertiary/aromatic N) is 4. The molecule has 7 aromatic rings. The monoisotopic (exact) mass is 754 g/mol. The van der Waals surface area contributed by atoms with Crippen LogP contribution in [-0.2, 0) is 23.7 Å². The molecule has 58 heavy (non-hydrogen) atoms. The standard InChI is InChI=1S/C54H50N4/c1-28-45(30-11-9-8-10-12-30)34(26-55)24-43-46(28)49-39-22-31-20-36(53(2,3)4)13-15-41(31)57-42-16-14-37(54(5,6)7)21-32(42)23-40(51(39)57)50-48-38-19-29-17-33(18-29)47(38)35(27-56)25-44(48)58(43)52(49)50/h13-16,19-21,24-25,30,33H,8-12,17-18,22-23H2,1-7H3. The van der Waals surface area contributed by atoms with Crippen LogP contribution in [0.1, 0.15) is 165 Å². The zero-order valence-electron chi connectivity index (χ0n) is 35.0. The fraction of sp³-hybridized carbons (Fsp3) is 0.370. The average Bonchev–Trinajstić information content (AvgIpc) is 3.72. The summed E-state index contributed by atoms with van der Waals surface area (Å²) in [7, 11) is 0. The lowest BCUT2D eigenvalue weighted by molar-refractivity contribution is 0.442. The molecule has 286 valence electrons. The maximum atomic E-state index is 10.9. The van der Waals surface area contributed by atoms with Gasteiger partial charge in [-0.1, -0.05) is 96.7 Å². The van der Waals surface area contributed by atoms with Crippen LogP contribution in [0.15, 0.2) is 54.1 Å². The topological polar surface area (TPSA) is 55.2 Å². The van der Waals surface area contributed by atoms with Gasteiger partial charge in [-0.15, -0.1) is 0 Å². The molecule has 5 aromatic carbocycles. The smallest absolute Gasteiger partial charge is 0.0995 e. The largest absolute Gasteiger partial charge is 0.309 e. The molecule has 2 aromatic heterocycles. The number of aromatic nitrogens is 1. The molecule has 2 fully saturated rings. The molecule has 0 spiro atoms. The highest BCUT2D eigenvalue weighted by molar-refractivity contribution is 6.30. The highest BCUT2D eigenvalue weighted by atomic mass is 15.2. The van der Waals surface area contributed by atoms with Gasteiger partial charge in [0.25, 0.3) is 0 Å². The van der Waals surface area contributed by atoms with Gasteiger partial charge in [0, 0.05) is 45.8 Å². The third-order valence-electron chi connectivity index (χ3n) is 15.2. The zero-order valence-corrected chi connectivity index (χ0v) is 35.0. The van der Waals surface area contributed by atoms with E-state index in [0.29, 0.717) is 11.8 Å². The van der Waals surface area contributed by atoms with Gasteiger partial charge in [0.15, 0.2) is 0 Å². The van der Waals surface area contributed by atoms with Crippen LogP contribution in [0.5, 0.6) is 0 Å². The molecule has 2 bridgehead atoms. The number of allylic oxidation sites excluding steroid dienone is 1. The van der Waals surface area contributed by atoms with Gasteiger partial charge in [-0.25, -0.2) is 0 Å². The van der Waals surface area contributed by atoms with Gasteiger partial charge in [0.05, 0.1) is 45.5 Å². The van der Waals surface area contributed by atoms with Gasteiger partial charge >= 0.3 is 0 Å². The number of benzene rings is 5. The van der Waals surface area contributed by atoms with Gasteiger partial charge in [-0.05, 0) is 135 Å². The van der Waals surface area contributed by atoms with E-state index in [4.69, 9.17) is 0 Å². The highest BCUT2D eigenvalue weighted by Crippen LogP contribution is 2.60. The molecular weight excluding hydrogens is 705 g/mol. The van der Waals surface area contributed by atoms with Crippen molar-refractivity contribution in [2.24, 2.45) is 0 Å². The number of hydrogen-bond acceptors (Lipinski definition) is 3. The second-order valence-electron chi connectivity index (χ2n) is 20.6. The molecule has 0 saturated heterocycles. The molecule has 13 rings (SSSR count). The number of fused-ring (bicyclic) bond motifs is 12. The van der Waals surface area contributed by atoms with Crippen LogP contribution in [0.4, 0.5) is 17.1 Å². The van der Waals surface area contributed by atoms with Gasteiger partial charge in [0.1, 0.15) is 0 Å². The van der Waals surface area contributed by atoms with Crippen molar-refractivity contribution in [1.82, 2.24) is 4.40 Å². The Hall–Kier alpha value is -5.58. The van der Waals surface area contributed by atoms with E-state index in [0.717, 1.165) is 60.7 Å². The fourth-order valence-electron chi connectivity index (χ4n) is 12.4. The summed E-state index contributed by atoms with van der Waals surface area (Å²) in [6, 6.07) is 24.4. The van der Waals surface area contributed by atoms with E-state index in [1.165, 1.54) is 125 Å². The van der Waals surface area contributed by atoms with Crippen LogP contribution in [0.2, 0.25) is 0 Å². The number of rotatable bonds is 1. The molecule has 2 saturated carbocycles. The van der Waals surface area contributed by atoms with E-state index in [2.05, 4.69) is 125 Å². The molecule has 0 unspecified atom stereocenters. The number of anilines is 3. The predicted molar refractivity (Wildman–Crippen MR) is 239 cm³/mol. The van der Waals surface area contributed by atoms with E-state index < -0.39 is 0 Å². The number of aryl methyl sites for hydroxylation is 1.